The first kappa shape index (κ1) is 15.5. The summed E-state index contributed by atoms with van der Waals surface area (Å²) >= 11 is 0. The number of morpholine rings is 1. The molecule has 1 fully saturated rings. The summed E-state index contributed by atoms with van der Waals surface area (Å²) in [5.74, 6) is -0.862. The summed E-state index contributed by atoms with van der Waals surface area (Å²) in [6, 6.07) is 9.69. The van der Waals surface area contributed by atoms with E-state index >= 15 is 0 Å². The van der Waals surface area contributed by atoms with Gasteiger partial charge in [-0.25, -0.2) is 0 Å². The zero-order chi connectivity index (χ0) is 15.2. The summed E-state index contributed by atoms with van der Waals surface area (Å²) in [6.07, 6.45) is 0. The molecule has 5 heteroatoms. The van der Waals surface area contributed by atoms with Gasteiger partial charge in [0.15, 0.2) is 0 Å². The Labute approximate surface area is 125 Å². The van der Waals surface area contributed by atoms with Crippen molar-refractivity contribution in [3.8, 4) is 0 Å². The Morgan fingerprint density at radius 1 is 1.19 bits per heavy atom. The second-order valence-corrected chi connectivity index (χ2v) is 5.42. The number of amides is 2. The molecule has 0 aromatic heterocycles. The number of carbonyl (C=O) groups is 2. The van der Waals surface area contributed by atoms with Crippen molar-refractivity contribution in [2.45, 2.75) is 26.4 Å². The van der Waals surface area contributed by atoms with E-state index < -0.39 is 11.8 Å². The van der Waals surface area contributed by atoms with Crippen molar-refractivity contribution in [3.05, 3.63) is 35.9 Å². The van der Waals surface area contributed by atoms with Gasteiger partial charge >= 0.3 is 11.8 Å². The molecule has 1 heterocycles. The van der Waals surface area contributed by atoms with Gasteiger partial charge < -0.3 is 14.5 Å². The maximum atomic E-state index is 12.5. The van der Waals surface area contributed by atoms with Crippen LogP contribution in [0.4, 0.5) is 0 Å². The van der Waals surface area contributed by atoms with E-state index in [9.17, 15) is 9.59 Å². The molecular weight excluding hydrogens is 268 g/mol. The zero-order valence-corrected chi connectivity index (χ0v) is 12.6. The maximum Gasteiger partial charge on any atom is 0.312 e. The highest BCUT2D eigenvalue weighted by atomic mass is 16.5. The van der Waals surface area contributed by atoms with Gasteiger partial charge in [0.2, 0.25) is 0 Å². The average Bonchev–Trinajstić information content (AvgIpc) is 2.53. The van der Waals surface area contributed by atoms with E-state index in [4.69, 9.17) is 4.74 Å². The third-order valence-electron chi connectivity index (χ3n) is 3.56. The number of hydrogen-bond donors (Lipinski definition) is 0. The number of ether oxygens (including phenoxy) is 1. The second-order valence-electron chi connectivity index (χ2n) is 5.42. The van der Waals surface area contributed by atoms with Gasteiger partial charge in [0.1, 0.15) is 0 Å². The van der Waals surface area contributed by atoms with E-state index in [2.05, 4.69) is 0 Å². The molecule has 0 saturated carbocycles. The highest BCUT2D eigenvalue weighted by molar-refractivity contribution is 6.34. The van der Waals surface area contributed by atoms with Crippen LogP contribution in [0.3, 0.4) is 0 Å². The van der Waals surface area contributed by atoms with Crippen LogP contribution < -0.4 is 0 Å². The Balaban J connectivity index is 2.06. The van der Waals surface area contributed by atoms with Crippen molar-refractivity contribution >= 4 is 11.8 Å². The quantitative estimate of drug-likeness (QED) is 0.788. The van der Waals surface area contributed by atoms with Crippen molar-refractivity contribution in [1.29, 1.82) is 0 Å². The lowest BCUT2D eigenvalue weighted by Gasteiger charge is -2.31. The van der Waals surface area contributed by atoms with Crippen LogP contribution in [0.15, 0.2) is 30.3 Å². The fourth-order valence-electron chi connectivity index (χ4n) is 2.29. The van der Waals surface area contributed by atoms with Crippen LogP contribution >= 0.6 is 0 Å². The maximum absolute atomic E-state index is 12.5. The fraction of sp³-hybridized carbons (Fsp3) is 0.500. The van der Waals surface area contributed by atoms with E-state index in [1.165, 1.54) is 0 Å². The van der Waals surface area contributed by atoms with Gasteiger partial charge in [-0.2, -0.15) is 0 Å². The molecule has 1 aromatic carbocycles. The minimum Gasteiger partial charge on any atom is -0.378 e. The summed E-state index contributed by atoms with van der Waals surface area (Å²) < 4.78 is 5.21. The lowest BCUT2D eigenvalue weighted by atomic mass is 10.2. The lowest BCUT2D eigenvalue weighted by molar-refractivity contribution is -0.155. The molecule has 0 radical (unpaired) electrons. The van der Waals surface area contributed by atoms with Crippen molar-refractivity contribution < 1.29 is 14.3 Å². The molecule has 1 aromatic rings. The number of benzene rings is 1. The summed E-state index contributed by atoms with van der Waals surface area (Å²) in [5, 5.41) is 0. The van der Waals surface area contributed by atoms with Crippen LogP contribution in [0, 0.1) is 0 Å². The van der Waals surface area contributed by atoms with Gasteiger partial charge in [-0.15, -0.1) is 0 Å². The van der Waals surface area contributed by atoms with E-state index in [0.29, 0.717) is 32.8 Å². The van der Waals surface area contributed by atoms with Crippen LogP contribution in [0.1, 0.15) is 19.4 Å². The molecule has 1 aliphatic rings. The minimum absolute atomic E-state index is 0.0253. The van der Waals surface area contributed by atoms with Crippen molar-refractivity contribution in [3.63, 3.8) is 0 Å². The third-order valence-corrected chi connectivity index (χ3v) is 3.56. The largest absolute Gasteiger partial charge is 0.378 e. The molecule has 1 saturated heterocycles. The monoisotopic (exact) mass is 290 g/mol. The van der Waals surface area contributed by atoms with Gasteiger partial charge in [-0.1, -0.05) is 30.3 Å². The van der Waals surface area contributed by atoms with Crippen LogP contribution in [0.25, 0.3) is 0 Å². The summed E-state index contributed by atoms with van der Waals surface area (Å²) in [7, 11) is 0. The molecule has 1 aliphatic heterocycles. The Bertz CT molecular complexity index is 482. The van der Waals surface area contributed by atoms with Gasteiger partial charge in [-0.05, 0) is 19.4 Å². The summed E-state index contributed by atoms with van der Waals surface area (Å²) in [5.41, 5.74) is 1.02. The topological polar surface area (TPSA) is 49.9 Å². The number of rotatable bonds is 3. The standard InChI is InChI=1S/C16H22N2O3/c1-13(2)18(12-14-6-4-3-5-7-14)16(20)15(19)17-8-10-21-11-9-17/h3-7,13H,8-12H2,1-2H3. The summed E-state index contributed by atoms with van der Waals surface area (Å²) in [6.45, 7) is 6.27. The summed E-state index contributed by atoms with van der Waals surface area (Å²) in [4.78, 5) is 28.0. The molecule has 21 heavy (non-hydrogen) atoms. The zero-order valence-electron chi connectivity index (χ0n) is 12.6. The molecule has 2 amide bonds. The smallest absolute Gasteiger partial charge is 0.312 e. The first-order valence-corrected chi connectivity index (χ1v) is 7.31. The Morgan fingerprint density at radius 2 is 1.81 bits per heavy atom. The highest BCUT2D eigenvalue weighted by Gasteiger charge is 2.29. The molecule has 0 spiro atoms. The minimum atomic E-state index is -0.434. The number of hydrogen-bond acceptors (Lipinski definition) is 3. The van der Waals surface area contributed by atoms with Gasteiger partial charge in [0.05, 0.1) is 13.2 Å². The van der Waals surface area contributed by atoms with Crippen molar-refractivity contribution in [2.75, 3.05) is 26.3 Å². The molecule has 114 valence electrons. The molecule has 2 rings (SSSR count). The molecule has 0 aliphatic carbocycles. The first-order valence-electron chi connectivity index (χ1n) is 7.31. The van der Waals surface area contributed by atoms with Gasteiger partial charge in [0.25, 0.3) is 0 Å². The van der Waals surface area contributed by atoms with E-state index in [0.717, 1.165) is 5.56 Å². The average molecular weight is 290 g/mol. The Kier molecular flexibility index (Phi) is 5.33. The second kappa shape index (κ2) is 7.22. The normalized spacial score (nSPS) is 15.1. The van der Waals surface area contributed by atoms with Gasteiger partial charge in [0, 0.05) is 25.7 Å². The molecule has 5 nitrogen and oxygen atoms in total. The van der Waals surface area contributed by atoms with Crippen molar-refractivity contribution in [1.82, 2.24) is 9.80 Å². The first-order chi connectivity index (χ1) is 10.1. The van der Waals surface area contributed by atoms with E-state index in [1.54, 1.807) is 9.80 Å². The third kappa shape index (κ3) is 4.04. The number of nitrogens with zero attached hydrogens (tertiary/aromatic N) is 2. The van der Waals surface area contributed by atoms with Crippen LogP contribution in [-0.2, 0) is 20.9 Å². The Morgan fingerprint density at radius 3 is 2.38 bits per heavy atom. The van der Waals surface area contributed by atoms with Crippen LogP contribution in [0.5, 0.6) is 0 Å². The van der Waals surface area contributed by atoms with Crippen LogP contribution in [-0.4, -0.2) is 54.0 Å². The predicted octanol–water partition coefficient (Wildman–Crippen LogP) is 1.28. The van der Waals surface area contributed by atoms with Crippen LogP contribution in [0.2, 0.25) is 0 Å². The van der Waals surface area contributed by atoms with Gasteiger partial charge in [-0.3, -0.25) is 9.59 Å². The SMILES string of the molecule is CC(C)N(Cc1ccccc1)C(=O)C(=O)N1CCOCC1. The molecule has 0 bridgehead atoms. The van der Waals surface area contributed by atoms with E-state index in [1.807, 2.05) is 44.2 Å². The van der Waals surface area contributed by atoms with Crippen molar-refractivity contribution in [2.24, 2.45) is 0 Å². The Hall–Kier alpha value is -1.88. The molecule has 0 unspecified atom stereocenters. The molecule has 0 N–H and O–H groups in total. The molecule has 0 atom stereocenters. The highest BCUT2D eigenvalue weighted by Crippen LogP contribution is 2.10. The fourth-order valence-corrected chi connectivity index (χ4v) is 2.29. The van der Waals surface area contributed by atoms with E-state index in [-0.39, 0.29) is 6.04 Å². The number of carbonyl (C=O) groups excluding carboxylic acids is 2. The predicted molar refractivity (Wildman–Crippen MR) is 79.5 cm³/mol. The molecular formula is C16H22N2O3. The lowest BCUT2D eigenvalue weighted by Crippen LogP contribution is -2.50.